The van der Waals surface area contributed by atoms with E-state index in [9.17, 15) is 9.59 Å². The minimum atomic E-state index is -0.195. The molecule has 0 saturated heterocycles. The lowest BCUT2D eigenvalue weighted by Crippen LogP contribution is -2.26. The van der Waals surface area contributed by atoms with Crippen molar-refractivity contribution in [1.82, 2.24) is 0 Å². The van der Waals surface area contributed by atoms with Crippen molar-refractivity contribution in [3.8, 4) is 11.5 Å². The molecule has 0 bridgehead atoms. The standard InChI is InChI=1S/C18H20N2O4/c1-12(21)19-14-5-7-15(8-6-14)20(2)18(22)13-9-16(23-3)11-17(10-13)24-4/h5-11H,1-4H3,(H,19,21). The van der Waals surface area contributed by atoms with Crippen LogP contribution in [-0.2, 0) is 4.79 Å². The van der Waals surface area contributed by atoms with Crippen LogP contribution in [0.3, 0.4) is 0 Å². The van der Waals surface area contributed by atoms with Crippen molar-refractivity contribution in [2.45, 2.75) is 6.92 Å². The predicted molar refractivity (Wildman–Crippen MR) is 93.0 cm³/mol. The molecule has 0 saturated carbocycles. The Balaban J connectivity index is 2.24. The quantitative estimate of drug-likeness (QED) is 0.916. The van der Waals surface area contributed by atoms with E-state index in [0.29, 0.717) is 28.4 Å². The van der Waals surface area contributed by atoms with Crippen LogP contribution in [0.2, 0.25) is 0 Å². The Morgan fingerprint density at radius 1 is 0.958 bits per heavy atom. The van der Waals surface area contributed by atoms with Gasteiger partial charge in [0.25, 0.3) is 5.91 Å². The zero-order chi connectivity index (χ0) is 17.7. The first-order chi connectivity index (χ1) is 11.4. The lowest BCUT2D eigenvalue weighted by Gasteiger charge is -2.18. The fraction of sp³-hybridized carbons (Fsp3) is 0.222. The van der Waals surface area contributed by atoms with Crippen molar-refractivity contribution in [3.05, 3.63) is 48.0 Å². The van der Waals surface area contributed by atoms with Gasteiger partial charge >= 0.3 is 0 Å². The minimum absolute atomic E-state index is 0.143. The predicted octanol–water partition coefficient (Wildman–Crippen LogP) is 2.94. The number of carbonyl (C=O) groups is 2. The van der Waals surface area contributed by atoms with E-state index in [4.69, 9.17) is 9.47 Å². The number of methoxy groups -OCH3 is 2. The first-order valence-corrected chi connectivity index (χ1v) is 7.33. The third-order valence-corrected chi connectivity index (χ3v) is 3.48. The number of anilines is 2. The number of amides is 2. The molecule has 24 heavy (non-hydrogen) atoms. The SMILES string of the molecule is COc1cc(OC)cc(C(=O)N(C)c2ccc(NC(C)=O)cc2)c1. The molecule has 2 aromatic carbocycles. The maximum atomic E-state index is 12.7. The van der Waals surface area contributed by atoms with E-state index in [-0.39, 0.29) is 11.8 Å². The number of carbonyl (C=O) groups excluding carboxylic acids is 2. The molecule has 0 spiro atoms. The molecule has 0 aliphatic rings. The second kappa shape index (κ2) is 7.50. The van der Waals surface area contributed by atoms with Crippen molar-refractivity contribution < 1.29 is 19.1 Å². The van der Waals surface area contributed by atoms with Crippen LogP contribution in [0.1, 0.15) is 17.3 Å². The number of nitrogens with zero attached hydrogens (tertiary/aromatic N) is 1. The Labute approximate surface area is 141 Å². The van der Waals surface area contributed by atoms with Gasteiger partial charge < -0.3 is 19.7 Å². The second-order valence-electron chi connectivity index (χ2n) is 5.19. The van der Waals surface area contributed by atoms with E-state index >= 15 is 0 Å². The molecule has 0 fully saturated rings. The highest BCUT2D eigenvalue weighted by molar-refractivity contribution is 6.06. The summed E-state index contributed by atoms with van der Waals surface area (Å²) in [5.41, 5.74) is 1.84. The molecule has 0 atom stereocenters. The molecule has 0 aliphatic heterocycles. The molecule has 0 unspecified atom stereocenters. The normalized spacial score (nSPS) is 10.0. The summed E-state index contributed by atoms with van der Waals surface area (Å²) in [4.78, 5) is 25.3. The summed E-state index contributed by atoms with van der Waals surface area (Å²) in [5, 5.41) is 2.69. The Hall–Kier alpha value is -3.02. The summed E-state index contributed by atoms with van der Waals surface area (Å²) in [7, 11) is 4.75. The van der Waals surface area contributed by atoms with Gasteiger partial charge in [0.15, 0.2) is 0 Å². The van der Waals surface area contributed by atoms with Crippen molar-refractivity contribution in [2.75, 3.05) is 31.5 Å². The van der Waals surface area contributed by atoms with Gasteiger partial charge in [0, 0.05) is 37.0 Å². The van der Waals surface area contributed by atoms with Crippen LogP contribution in [0.4, 0.5) is 11.4 Å². The minimum Gasteiger partial charge on any atom is -0.497 e. The van der Waals surface area contributed by atoms with Gasteiger partial charge in [-0.15, -0.1) is 0 Å². The fourth-order valence-electron chi connectivity index (χ4n) is 2.21. The lowest BCUT2D eigenvalue weighted by molar-refractivity contribution is -0.114. The van der Waals surface area contributed by atoms with Crippen LogP contribution in [0.15, 0.2) is 42.5 Å². The molecule has 2 rings (SSSR count). The fourth-order valence-corrected chi connectivity index (χ4v) is 2.21. The number of benzene rings is 2. The molecule has 1 N–H and O–H groups in total. The number of ether oxygens (including phenoxy) is 2. The number of rotatable bonds is 5. The average molecular weight is 328 g/mol. The summed E-state index contributed by atoms with van der Waals surface area (Å²) >= 11 is 0. The van der Waals surface area contributed by atoms with Gasteiger partial charge in [-0.1, -0.05) is 0 Å². The van der Waals surface area contributed by atoms with Crippen LogP contribution in [0.25, 0.3) is 0 Å². The van der Waals surface area contributed by atoms with Gasteiger partial charge in [0.05, 0.1) is 14.2 Å². The molecule has 0 heterocycles. The summed E-state index contributed by atoms with van der Waals surface area (Å²) < 4.78 is 10.4. The zero-order valence-corrected chi connectivity index (χ0v) is 14.1. The van der Waals surface area contributed by atoms with Gasteiger partial charge in [0.1, 0.15) is 11.5 Å². The van der Waals surface area contributed by atoms with Crippen LogP contribution < -0.4 is 19.7 Å². The molecule has 0 radical (unpaired) electrons. The van der Waals surface area contributed by atoms with Gasteiger partial charge in [-0.25, -0.2) is 0 Å². The molecular weight excluding hydrogens is 308 g/mol. The van der Waals surface area contributed by atoms with Gasteiger partial charge in [0.2, 0.25) is 5.91 Å². The van der Waals surface area contributed by atoms with E-state index in [2.05, 4.69) is 5.32 Å². The van der Waals surface area contributed by atoms with E-state index in [0.717, 1.165) is 0 Å². The molecule has 6 nitrogen and oxygen atoms in total. The highest BCUT2D eigenvalue weighted by atomic mass is 16.5. The maximum absolute atomic E-state index is 12.7. The molecule has 2 amide bonds. The van der Waals surface area contributed by atoms with Crippen LogP contribution in [0.5, 0.6) is 11.5 Å². The van der Waals surface area contributed by atoms with Gasteiger partial charge in [-0.05, 0) is 36.4 Å². The molecule has 6 heteroatoms. The summed E-state index contributed by atoms with van der Waals surface area (Å²) in [6.07, 6.45) is 0. The Bertz CT molecular complexity index is 719. The van der Waals surface area contributed by atoms with Crippen LogP contribution in [-0.4, -0.2) is 33.1 Å². The third kappa shape index (κ3) is 4.04. The molecular formula is C18H20N2O4. The molecule has 126 valence electrons. The maximum Gasteiger partial charge on any atom is 0.258 e. The van der Waals surface area contributed by atoms with Gasteiger partial charge in [-0.3, -0.25) is 9.59 Å². The number of hydrogen-bond acceptors (Lipinski definition) is 4. The largest absolute Gasteiger partial charge is 0.497 e. The van der Waals surface area contributed by atoms with E-state index < -0.39 is 0 Å². The number of hydrogen-bond donors (Lipinski definition) is 1. The smallest absolute Gasteiger partial charge is 0.258 e. The Morgan fingerprint density at radius 3 is 1.96 bits per heavy atom. The average Bonchev–Trinajstić information content (AvgIpc) is 2.60. The Kier molecular flexibility index (Phi) is 5.42. The Morgan fingerprint density at radius 2 is 1.50 bits per heavy atom. The van der Waals surface area contributed by atoms with E-state index in [1.165, 1.54) is 26.0 Å². The van der Waals surface area contributed by atoms with Crippen molar-refractivity contribution >= 4 is 23.2 Å². The first kappa shape index (κ1) is 17.3. The third-order valence-electron chi connectivity index (χ3n) is 3.48. The zero-order valence-electron chi connectivity index (χ0n) is 14.1. The van der Waals surface area contributed by atoms with Gasteiger partial charge in [-0.2, -0.15) is 0 Å². The second-order valence-corrected chi connectivity index (χ2v) is 5.19. The summed E-state index contributed by atoms with van der Waals surface area (Å²) in [6.45, 7) is 1.44. The topological polar surface area (TPSA) is 67.9 Å². The van der Waals surface area contributed by atoms with Crippen molar-refractivity contribution in [1.29, 1.82) is 0 Å². The monoisotopic (exact) mass is 328 g/mol. The van der Waals surface area contributed by atoms with Crippen LogP contribution >= 0.6 is 0 Å². The first-order valence-electron chi connectivity index (χ1n) is 7.33. The van der Waals surface area contributed by atoms with E-state index in [1.807, 2.05) is 0 Å². The summed E-state index contributed by atoms with van der Waals surface area (Å²) in [5.74, 6) is 0.759. The number of nitrogens with one attached hydrogen (secondary N) is 1. The van der Waals surface area contributed by atoms with Crippen molar-refractivity contribution in [2.24, 2.45) is 0 Å². The lowest BCUT2D eigenvalue weighted by atomic mass is 10.1. The molecule has 0 aliphatic carbocycles. The van der Waals surface area contributed by atoms with E-state index in [1.54, 1.807) is 49.5 Å². The highest BCUT2D eigenvalue weighted by Gasteiger charge is 2.16. The van der Waals surface area contributed by atoms with Crippen LogP contribution in [0, 0.1) is 0 Å². The summed E-state index contributed by atoms with van der Waals surface area (Å²) in [6, 6.07) is 12.0. The highest BCUT2D eigenvalue weighted by Crippen LogP contribution is 2.25. The molecule has 2 aromatic rings. The molecule has 0 aromatic heterocycles. The van der Waals surface area contributed by atoms with Crippen molar-refractivity contribution in [3.63, 3.8) is 0 Å².